The molecule has 0 radical (unpaired) electrons. The average molecular weight is 337 g/mol. The lowest BCUT2D eigenvalue weighted by molar-refractivity contribution is 0.0469. The summed E-state index contributed by atoms with van der Waals surface area (Å²) in [5.41, 5.74) is 0.804. The molecule has 0 amide bonds. The SMILES string of the molecule is O=C(CN1CCN2CCCCC2C1)c1ccccc1Br. The number of halogens is 1. The molecule has 0 saturated carbocycles. The monoisotopic (exact) mass is 336 g/mol. The maximum atomic E-state index is 12.4. The van der Waals surface area contributed by atoms with Crippen molar-refractivity contribution in [3.05, 3.63) is 34.3 Å². The van der Waals surface area contributed by atoms with Crippen LogP contribution in [0.1, 0.15) is 29.6 Å². The zero-order valence-corrected chi connectivity index (χ0v) is 13.3. The van der Waals surface area contributed by atoms with Crippen LogP contribution in [0.3, 0.4) is 0 Å². The highest BCUT2D eigenvalue weighted by molar-refractivity contribution is 9.10. The van der Waals surface area contributed by atoms with E-state index in [1.165, 1.54) is 25.8 Å². The second-order valence-corrected chi connectivity index (χ2v) is 6.68. The Bertz CT molecular complexity index is 491. The van der Waals surface area contributed by atoms with Gasteiger partial charge in [-0.15, -0.1) is 0 Å². The number of Topliss-reactive ketones (excluding diaryl/α,β-unsaturated/α-hetero) is 1. The number of hydrogen-bond acceptors (Lipinski definition) is 3. The summed E-state index contributed by atoms with van der Waals surface area (Å²) in [5, 5.41) is 0. The second-order valence-electron chi connectivity index (χ2n) is 5.82. The fourth-order valence-electron chi connectivity index (χ4n) is 3.34. The molecule has 2 heterocycles. The summed E-state index contributed by atoms with van der Waals surface area (Å²) in [6, 6.07) is 8.39. The quantitative estimate of drug-likeness (QED) is 0.793. The van der Waals surface area contributed by atoms with Gasteiger partial charge in [-0.1, -0.05) is 40.5 Å². The topological polar surface area (TPSA) is 23.6 Å². The lowest BCUT2D eigenvalue weighted by atomic mass is 9.99. The highest BCUT2D eigenvalue weighted by Gasteiger charge is 2.29. The van der Waals surface area contributed by atoms with E-state index in [1.807, 2.05) is 24.3 Å². The molecule has 2 saturated heterocycles. The number of benzene rings is 1. The Balaban J connectivity index is 1.61. The minimum absolute atomic E-state index is 0.224. The Morgan fingerprint density at radius 1 is 1.20 bits per heavy atom. The van der Waals surface area contributed by atoms with Crippen molar-refractivity contribution in [1.29, 1.82) is 0 Å². The molecule has 2 aliphatic rings. The standard InChI is InChI=1S/C16H21BrN2O/c17-15-7-2-1-6-14(15)16(20)12-18-9-10-19-8-4-3-5-13(19)11-18/h1-2,6-7,13H,3-5,8-12H2. The van der Waals surface area contributed by atoms with Crippen LogP contribution in [0.2, 0.25) is 0 Å². The molecule has 1 aromatic rings. The lowest BCUT2D eigenvalue weighted by Gasteiger charge is -2.43. The van der Waals surface area contributed by atoms with Crippen LogP contribution in [0.5, 0.6) is 0 Å². The summed E-state index contributed by atoms with van der Waals surface area (Å²) in [6.07, 6.45) is 3.97. The Hall–Kier alpha value is -0.710. The van der Waals surface area contributed by atoms with E-state index in [0.717, 1.165) is 29.7 Å². The molecule has 1 aromatic carbocycles. The predicted octanol–water partition coefficient (Wildman–Crippen LogP) is 2.80. The van der Waals surface area contributed by atoms with E-state index < -0.39 is 0 Å². The lowest BCUT2D eigenvalue weighted by Crippen LogP contribution is -2.55. The van der Waals surface area contributed by atoms with Crippen molar-refractivity contribution in [2.45, 2.75) is 25.3 Å². The van der Waals surface area contributed by atoms with E-state index in [2.05, 4.69) is 25.7 Å². The molecule has 3 rings (SSSR count). The van der Waals surface area contributed by atoms with E-state index >= 15 is 0 Å². The summed E-state index contributed by atoms with van der Waals surface area (Å²) >= 11 is 3.47. The first-order valence-corrected chi connectivity index (χ1v) is 8.27. The number of carbonyl (C=O) groups excluding carboxylic acids is 1. The molecule has 20 heavy (non-hydrogen) atoms. The Morgan fingerprint density at radius 2 is 2.05 bits per heavy atom. The van der Waals surface area contributed by atoms with Gasteiger partial charge in [0.15, 0.2) is 5.78 Å². The van der Waals surface area contributed by atoms with E-state index in [-0.39, 0.29) is 5.78 Å². The Kier molecular flexibility index (Phi) is 4.54. The molecule has 0 spiro atoms. The first kappa shape index (κ1) is 14.2. The number of nitrogens with zero attached hydrogens (tertiary/aromatic N) is 2. The van der Waals surface area contributed by atoms with E-state index in [4.69, 9.17) is 0 Å². The summed E-state index contributed by atoms with van der Waals surface area (Å²) in [7, 11) is 0. The molecule has 1 unspecified atom stereocenters. The largest absolute Gasteiger partial charge is 0.298 e. The molecule has 0 aromatic heterocycles. The molecule has 0 aliphatic carbocycles. The number of carbonyl (C=O) groups is 1. The van der Waals surface area contributed by atoms with Gasteiger partial charge in [0.2, 0.25) is 0 Å². The van der Waals surface area contributed by atoms with Gasteiger partial charge in [-0.2, -0.15) is 0 Å². The van der Waals surface area contributed by atoms with Crippen molar-refractivity contribution in [3.8, 4) is 0 Å². The third-order valence-corrected chi connectivity index (χ3v) is 5.15. The van der Waals surface area contributed by atoms with Crippen LogP contribution in [0, 0.1) is 0 Å². The van der Waals surface area contributed by atoms with Gasteiger partial charge in [-0.3, -0.25) is 14.6 Å². The molecule has 1 atom stereocenters. The summed E-state index contributed by atoms with van der Waals surface area (Å²) in [4.78, 5) is 17.3. The maximum Gasteiger partial charge on any atom is 0.177 e. The van der Waals surface area contributed by atoms with Gasteiger partial charge in [0.05, 0.1) is 6.54 Å². The summed E-state index contributed by atoms with van der Waals surface area (Å²) in [6.45, 7) is 4.99. The predicted molar refractivity (Wildman–Crippen MR) is 84.1 cm³/mol. The molecular formula is C16H21BrN2O. The summed E-state index contributed by atoms with van der Waals surface area (Å²) in [5.74, 6) is 0.224. The Morgan fingerprint density at radius 3 is 2.90 bits per heavy atom. The van der Waals surface area contributed by atoms with E-state index in [9.17, 15) is 4.79 Å². The number of piperazine rings is 1. The summed E-state index contributed by atoms with van der Waals surface area (Å²) < 4.78 is 0.904. The van der Waals surface area contributed by atoms with Gasteiger partial charge in [-0.25, -0.2) is 0 Å². The first-order valence-electron chi connectivity index (χ1n) is 7.48. The number of ketones is 1. The van der Waals surface area contributed by atoms with Gasteiger partial charge >= 0.3 is 0 Å². The van der Waals surface area contributed by atoms with Crippen LogP contribution in [-0.4, -0.2) is 54.3 Å². The van der Waals surface area contributed by atoms with Crippen LogP contribution >= 0.6 is 15.9 Å². The van der Waals surface area contributed by atoms with E-state index in [1.54, 1.807) is 0 Å². The van der Waals surface area contributed by atoms with Crippen molar-refractivity contribution >= 4 is 21.7 Å². The van der Waals surface area contributed by atoms with Gasteiger partial charge < -0.3 is 0 Å². The number of rotatable bonds is 3. The zero-order valence-electron chi connectivity index (χ0n) is 11.7. The van der Waals surface area contributed by atoms with Crippen molar-refractivity contribution in [2.75, 3.05) is 32.7 Å². The normalized spacial score (nSPS) is 24.4. The first-order chi connectivity index (χ1) is 9.74. The Labute approximate surface area is 129 Å². The van der Waals surface area contributed by atoms with Crippen molar-refractivity contribution in [2.24, 2.45) is 0 Å². The fourth-order valence-corrected chi connectivity index (χ4v) is 3.85. The number of fused-ring (bicyclic) bond motifs is 1. The third kappa shape index (κ3) is 3.13. The molecule has 3 nitrogen and oxygen atoms in total. The fraction of sp³-hybridized carbons (Fsp3) is 0.562. The minimum Gasteiger partial charge on any atom is -0.298 e. The molecule has 0 bridgehead atoms. The van der Waals surface area contributed by atoms with Crippen molar-refractivity contribution in [1.82, 2.24) is 9.80 Å². The van der Waals surface area contributed by atoms with Crippen molar-refractivity contribution in [3.63, 3.8) is 0 Å². The van der Waals surface area contributed by atoms with Crippen LogP contribution in [0.4, 0.5) is 0 Å². The van der Waals surface area contributed by atoms with Gasteiger partial charge in [-0.05, 0) is 25.5 Å². The third-order valence-electron chi connectivity index (χ3n) is 4.46. The van der Waals surface area contributed by atoms with Crippen LogP contribution in [0.15, 0.2) is 28.7 Å². The second kappa shape index (κ2) is 6.37. The maximum absolute atomic E-state index is 12.4. The number of hydrogen-bond donors (Lipinski definition) is 0. The van der Waals surface area contributed by atoms with Crippen LogP contribution in [0.25, 0.3) is 0 Å². The molecular weight excluding hydrogens is 316 g/mol. The minimum atomic E-state index is 0.224. The zero-order chi connectivity index (χ0) is 13.9. The molecule has 0 N–H and O–H groups in total. The van der Waals surface area contributed by atoms with Gasteiger partial charge in [0, 0.05) is 35.7 Å². The average Bonchev–Trinajstić information content (AvgIpc) is 2.47. The van der Waals surface area contributed by atoms with E-state index in [0.29, 0.717) is 12.6 Å². The van der Waals surface area contributed by atoms with Gasteiger partial charge in [0.25, 0.3) is 0 Å². The van der Waals surface area contributed by atoms with Gasteiger partial charge in [0.1, 0.15) is 0 Å². The highest BCUT2D eigenvalue weighted by atomic mass is 79.9. The van der Waals surface area contributed by atoms with Crippen LogP contribution < -0.4 is 0 Å². The molecule has 108 valence electrons. The molecule has 2 aliphatic heterocycles. The smallest absolute Gasteiger partial charge is 0.177 e. The molecule has 2 fully saturated rings. The molecule has 4 heteroatoms. The number of piperidine rings is 1. The highest BCUT2D eigenvalue weighted by Crippen LogP contribution is 2.22. The van der Waals surface area contributed by atoms with Crippen molar-refractivity contribution < 1.29 is 4.79 Å². The van der Waals surface area contributed by atoms with Crippen LogP contribution in [-0.2, 0) is 0 Å².